The number of hydrazone groups is 1. The third-order valence-corrected chi connectivity index (χ3v) is 4.90. The van der Waals surface area contributed by atoms with Gasteiger partial charge < -0.3 is 0 Å². The van der Waals surface area contributed by atoms with Crippen LogP contribution >= 0.6 is 0 Å². The number of fused-ring (bicyclic) bond motifs is 1. The third-order valence-electron chi connectivity index (χ3n) is 4.90. The van der Waals surface area contributed by atoms with Crippen LogP contribution in [0.2, 0.25) is 0 Å². The first kappa shape index (κ1) is 18.1. The molecule has 2 aromatic carbocycles. The summed E-state index contributed by atoms with van der Waals surface area (Å²) in [7, 11) is 0. The maximum atomic E-state index is 12.2. The lowest BCUT2D eigenvalue weighted by Crippen LogP contribution is -2.30. The van der Waals surface area contributed by atoms with Crippen LogP contribution in [0.3, 0.4) is 0 Å². The standard InChI is InChI=1S/C23H22N4O/c28-23(26-25-15-19-4-3-12-24-14-19)21-9-7-18(8-10-21)16-27-13-11-20-5-1-2-6-22(20)17-27/h1-10,12,14-15H,11,13,16-17H2,(H,26,28)/b25-15-. The predicted molar refractivity (Wildman–Crippen MR) is 110 cm³/mol. The number of pyridine rings is 1. The molecule has 5 heteroatoms. The largest absolute Gasteiger partial charge is 0.294 e. The Labute approximate surface area is 164 Å². The molecule has 1 N–H and O–H groups in total. The minimum atomic E-state index is -0.224. The van der Waals surface area contributed by atoms with Crippen molar-refractivity contribution in [3.63, 3.8) is 0 Å². The summed E-state index contributed by atoms with van der Waals surface area (Å²) < 4.78 is 0. The number of nitrogens with one attached hydrogen (secondary N) is 1. The highest BCUT2D eigenvalue weighted by atomic mass is 16.2. The molecule has 0 fully saturated rings. The van der Waals surface area contributed by atoms with Crippen LogP contribution in [-0.2, 0) is 19.5 Å². The van der Waals surface area contributed by atoms with Gasteiger partial charge in [0.05, 0.1) is 6.21 Å². The van der Waals surface area contributed by atoms with E-state index in [1.54, 1.807) is 18.6 Å². The number of carbonyl (C=O) groups is 1. The molecule has 1 aliphatic heterocycles. The summed E-state index contributed by atoms with van der Waals surface area (Å²) in [5.74, 6) is -0.224. The lowest BCUT2D eigenvalue weighted by molar-refractivity contribution is 0.0955. The van der Waals surface area contributed by atoms with E-state index < -0.39 is 0 Å². The summed E-state index contributed by atoms with van der Waals surface area (Å²) in [4.78, 5) is 18.7. The first-order valence-corrected chi connectivity index (χ1v) is 9.39. The van der Waals surface area contributed by atoms with Crippen molar-refractivity contribution >= 4 is 12.1 Å². The molecule has 0 radical (unpaired) electrons. The van der Waals surface area contributed by atoms with Gasteiger partial charge in [0.1, 0.15) is 0 Å². The highest BCUT2D eigenvalue weighted by Gasteiger charge is 2.15. The number of hydrogen-bond acceptors (Lipinski definition) is 4. The molecule has 0 saturated heterocycles. The molecule has 0 atom stereocenters. The smallest absolute Gasteiger partial charge is 0.271 e. The van der Waals surface area contributed by atoms with Crippen molar-refractivity contribution in [2.75, 3.05) is 6.54 Å². The van der Waals surface area contributed by atoms with Gasteiger partial charge in [-0.05, 0) is 41.3 Å². The fourth-order valence-electron chi connectivity index (χ4n) is 3.39. The molecule has 1 aromatic heterocycles. The highest BCUT2D eigenvalue weighted by Crippen LogP contribution is 2.20. The third kappa shape index (κ3) is 4.50. The number of carbonyl (C=O) groups excluding carboxylic acids is 1. The normalized spacial score (nSPS) is 14.0. The van der Waals surface area contributed by atoms with Crippen molar-refractivity contribution in [2.24, 2.45) is 5.10 Å². The monoisotopic (exact) mass is 370 g/mol. The summed E-state index contributed by atoms with van der Waals surface area (Å²) in [6, 6.07) is 20.1. The van der Waals surface area contributed by atoms with E-state index >= 15 is 0 Å². The average molecular weight is 370 g/mol. The summed E-state index contributed by atoms with van der Waals surface area (Å²) >= 11 is 0. The maximum Gasteiger partial charge on any atom is 0.271 e. The van der Waals surface area contributed by atoms with Crippen LogP contribution in [0.25, 0.3) is 0 Å². The van der Waals surface area contributed by atoms with E-state index in [0.717, 1.165) is 31.6 Å². The van der Waals surface area contributed by atoms with Crippen LogP contribution in [0, 0.1) is 0 Å². The molecule has 0 aliphatic carbocycles. The topological polar surface area (TPSA) is 57.6 Å². The fraction of sp³-hybridized carbons (Fsp3) is 0.174. The van der Waals surface area contributed by atoms with E-state index in [1.807, 2.05) is 36.4 Å². The lowest BCUT2D eigenvalue weighted by atomic mass is 9.99. The van der Waals surface area contributed by atoms with E-state index in [2.05, 4.69) is 44.7 Å². The van der Waals surface area contributed by atoms with Crippen molar-refractivity contribution in [1.29, 1.82) is 0 Å². The predicted octanol–water partition coefficient (Wildman–Crippen LogP) is 3.40. The molecule has 140 valence electrons. The second-order valence-corrected chi connectivity index (χ2v) is 6.91. The quantitative estimate of drug-likeness (QED) is 0.553. The van der Waals surface area contributed by atoms with E-state index in [0.29, 0.717) is 5.56 Å². The van der Waals surface area contributed by atoms with E-state index in [9.17, 15) is 4.79 Å². The number of hydrogen-bond donors (Lipinski definition) is 1. The molecule has 1 amide bonds. The van der Waals surface area contributed by atoms with Gasteiger partial charge in [0.25, 0.3) is 5.91 Å². The number of aromatic nitrogens is 1. The SMILES string of the molecule is O=C(N/N=C\c1cccnc1)c1ccc(CN2CCc3ccccc3C2)cc1. The second-order valence-electron chi connectivity index (χ2n) is 6.91. The van der Waals surface area contributed by atoms with Crippen LogP contribution in [0.5, 0.6) is 0 Å². The van der Waals surface area contributed by atoms with E-state index in [-0.39, 0.29) is 5.91 Å². The fourth-order valence-corrected chi connectivity index (χ4v) is 3.39. The van der Waals surface area contributed by atoms with Gasteiger partial charge in [0, 0.05) is 43.2 Å². The first-order chi connectivity index (χ1) is 13.8. The Kier molecular flexibility index (Phi) is 5.54. The number of amides is 1. The van der Waals surface area contributed by atoms with Crippen LogP contribution in [0.4, 0.5) is 0 Å². The van der Waals surface area contributed by atoms with Gasteiger partial charge in [-0.15, -0.1) is 0 Å². The van der Waals surface area contributed by atoms with Crippen LogP contribution in [0.15, 0.2) is 78.2 Å². The van der Waals surface area contributed by atoms with E-state index in [4.69, 9.17) is 0 Å². The molecule has 1 aliphatic rings. The van der Waals surface area contributed by atoms with E-state index in [1.165, 1.54) is 16.7 Å². The van der Waals surface area contributed by atoms with Crippen LogP contribution in [0.1, 0.15) is 32.6 Å². The Morgan fingerprint density at radius 3 is 2.68 bits per heavy atom. The molecule has 28 heavy (non-hydrogen) atoms. The Morgan fingerprint density at radius 2 is 1.89 bits per heavy atom. The van der Waals surface area contributed by atoms with Gasteiger partial charge in [-0.2, -0.15) is 5.10 Å². The molecule has 0 bridgehead atoms. The van der Waals surface area contributed by atoms with Gasteiger partial charge in [0.2, 0.25) is 0 Å². The summed E-state index contributed by atoms with van der Waals surface area (Å²) in [5, 5.41) is 3.98. The number of rotatable bonds is 5. The highest BCUT2D eigenvalue weighted by molar-refractivity contribution is 5.94. The Morgan fingerprint density at radius 1 is 1.07 bits per heavy atom. The average Bonchev–Trinajstić information content (AvgIpc) is 2.75. The molecular formula is C23H22N4O. The Bertz CT molecular complexity index is 967. The number of nitrogens with zero attached hydrogens (tertiary/aromatic N) is 3. The lowest BCUT2D eigenvalue weighted by Gasteiger charge is -2.28. The minimum absolute atomic E-state index is 0.224. The van der Waals surface area contributed by atoms with Crippen molar-refractivity contribution < 1.29 is 4.79 Å². The Hall–Kier alpha value is -3.31. The van der Waals surface area contributed by atoms with Gasteiger partial charge in [-0.3, -0.25) is 14.7 Å². The summed E-state index contributed by atoms with van der Waals surface area (Å²) in [6.07, 6.45) is 6.04. The van der Waals surface area contributed by atoms with Gasteiger partial charge >= 0.3 is 0 Å². The van der Waals surface area contributed by atoms with Crippen LogP contribution < -0.4 is 5.43 Å². The first-order valence-electron chi connectivity index (χ1n) is 9.39. The van der Waals surface area contributed by atoms with Crippen LogP contribution in [-0.4, -0.2) is 28.6 Å². The van der Waals surface area contributed by atoms with Crippen molar-refractivity contribution in [3.8, 4) is 0 Å². The molecule has 3 aromatic rings. The van der Waals surface area contributed by atoms with Gasteiger partial charge in [0.15, 0.2) is 0 Å². The molecule has 4 rings (SSSR count). The van der Waals surface area contributed by atoms with Crippen molar-refractivity contribution in [2.45, 2.75) is 19.5 Å². The molecule has 5 nitrogen and oxygen atoms in total. The summed E-state index contributed by atoms with van der Waals surface area (Å²) in [5.41, 5.74) is 8.05. The molecule has 0 saturated carbocycles. The zero-order chi connectivity index (χ0) is 19.2. The summed E-state index contributed by atoms with van der Waals surface area (Å²) in [6.45, 7) is 2.92. The zero-order valence-corrected chi connectivity index (χ0v) is 15.6. The zero-order valence-electron chi connectivity index (χ0n) is 15.6. The molecule has 2 heterocycles. The van der Waals surface area contributed by atoms with Crippen molar-refractivity contribution in [3.05, 3.63) is 101 Å². The van der Waals surface area contributed by atoms with Gasteiger partial charge in [-0.1, -0.05) is 42.5 Å². The minimum Gasteiger partial charge on any atom is -0.294 e. The second kappa shape index (κ2) is 8.59. The molecular weight excluding hydrogens is 348 g/mol. The van der Waals surface area contributed by atoms with Gasteiger partial charge in [-0.25, -0.2) is 5.43 Å². The van der Waals surface area contributed by atoms with Crippen molar-refractivity contribution in [1.82, 2.24) is 15.3 Å². The molecule has 0 unspecified atom stereocenters. The Balaban J connectivity index is 1.32. The number of benzene rings is 2. The maximum absolute atomic E-state index is 12.2. The molecule has 0 spiro atoms.